The molecule has 0 bridgehead atoms. The number of hydrogen-bond acceptors (Lipinski definition) is 8. The number of oxazole rings is 1. The molecule has 2 saturated heterocycles. The van der Waals surface area contributed by atoms with Crippen LogP contribution in [0.5, 0.6) is 0 Å². The number of epoxide rings is 1. The van der Waals surface area contributed by atoms with Crippen LogP contribution < -0.4 is 0 Å². The second-order valence-electron chi connectivity index (χ2n) is 12.1. The number of ketones is 1. The number of aromatic nitrogens is 1. The number of rotatable bonds is 2. The quantitative estimate of drug-likeness (QED) is 0.461. The molecule has 36 heavy (non-hydrogen) atoms. The smallest absolute Gasteiger partial charge is 0.309 e. The van der Waals surface area contributed by atoms with Crippen LogP contribution in [0.25, 0.3) is 6.08 Å². The Kier molecular flexibility index (Phi) is 7.27. The summed E-state index contributed by atoms with van der Waals surface area (Å²) in [6.07, 6.45) is 2.76. The zero-order chi connectivity index (χ0) is 26.6. The molecule has 1 saturated carbocycles. The Morgan fingerprint density at radius 1 is 1.17 bits per heavy atom. The van der Waals surface area contributed by atoms with Crippen LogP contribution in [-0.2, 0) is 19.1 Å². The molecule has 3 heterocycles. The molecule has 0 spiro atoms. The summed E-state index contributed by atoms with van der Waals surface area (Å²) in [5.41, 5.74) is -0.0768. The number of cyclic esters (lactones) is 1. The maximum absolute atomic E-state index is 13.3. The number of aliphatic hydroxyl groups excluding tert-OH is 2. The average molecular weight is 504 g/mol. The van der Waals surface area contributed by atoms with Crippen LogP contribution >= 0.6 is 0 Å². The van der Waals surface area contributed by atoms with Gasteiger partial charge in [-0.05, 0) is 56.1 Å². The first kappa shape index (κ1) is 27.0. The van der Waals surface area contributed by atoms with Gasteiger partial charge in [0.05, 0.1) is 35.7 Å². The number of carbonyl (C=O) groups excluding carboxylic acids is 2. The first-order valence-corrected chi connectivity index (χ1v) is 13.1. The molecular weight excluding hydrogens is 462 g/mol. The second-order valence-corrected chi connectivity index (χ2v) is 12.1. The van der Waals surface area contributed by atoms with Gasteiger partial charge in [0, 0.05) is 19.3 Å². The molecule has 2 aliphatic heterocycles. The van der Waals surface area contributed by atoms with E-state index >= 15 is 0 Å². The number of nitrogens with zero attached hydrogens (tertiary/aromatic N) is 1. The van der Waals surface area contributed by atoms with Gasteiger partial charge in [-0.25, -0.2) is 4.98 Å². The third-order valence-electron chi connectivity index (χ3n) is 8.87. The first-order valence-electron chi connectivity index (χ1n) is 13.1. The highest BCUT2D eigenvalue weighted by Crippen LogP contribution is 2.56. The van der Waals surface area contributed by atoms with E-state index in [0.717, 1.165) is 18.4 Å². The minimum atomic E-state index is -1.24. The van der Waals surface area contributed by atoms with Crippen LogP contribution in [0, 0.1) is 36.0 Å². The maximum Gasteiger partial charge on any atom is 0.309 e. The molecule has 200 valence electrons. The zero-order valence-corrected chi connectivity index (χ0v) is 22.5. The third kappa shape index (κ3) is 5.46. The first-order chi connectivity index (χ1) is 16.7. The summed E-state index contributed by atoms with van der Waals surface area (Å²) >= 11 is 0. The number of ether oxygens (including phenoxy) is 2. The molecule has 3 fully saturated rings. The summed E-state index contributed by atoms with van der Waals surface area (Å²) < 4.78 is 17.3. The van der Waals surface area contributed by atoms with Crippen molar-refractivity contribution in [2.45, 2.75) is 104 Å². The van der Waals surface area contributed by atoms with Gasteiger partial charge >= 0.3 is 5.97 Å². The van der Waals surface area contributed by atoms with E-state index in [1.807, 2.05) is 19.9 Å². The molecule has 4 unspecified atom stereocenters. The highest BCUT2D eigenvalue weighted by atomic mass is 16.6. The third-order valence-corrected chi connectivity index (χ3v) is 8.87. The SMILES string of the molecule is C/C(=C\c1coc(C)n1)[C@H]1CC2OC2(C)CC2CC2[C@H](C)[C@@H](O)[C@@H](C)C(=O)C(C)(C)[C@@H](O)CC(=O)O1. The highest BCUT2D eigenvalue weighted by molar-refractivity contribution is 5.88. The Morgan fingerprint density at radius 3 is 2.50 bits per heavy atom. The summed E-state index contributed by atoms with van der Waals surface area (Å²) in [6, 6.07) is 0. The Bertz CT molecular complexity index is 1030. The van der Waals surface area contributed by atoms with E-state index in [1.165, 1.54) is 0 Å². The van der Waals surface area contributed by atoms with Crippen molar-refractivity contribution in [2.24, 2.45) is 29.1 Å². The molecule has 8 nitrogen and oxygen atoms in total. The normalized spacial score (nSPS) is 41.8. The van der Waals surface area contributed by atoms with Crippen LogP contribution in [0.3, 0.4) is 0 Å². The number of carbonyl (C=O) groups is 2. The molecule has 1 aromatic heterocycles. The highest BCUT2D eigenvalue weighted by Gasteiger charge is 2.58. The number of aliphatic hydroxyl groups is 2. The molecular formula is C28H41NO7. The van der Waals surface area contributed by atoms with Crippen molar-refractivity contribution in [3.8, 4) is 0 Å². The van der Waals surface area contributed by atoms with Crippen LogP contribution in [0.2, 0.25) is 0 Å². The van der Waals surface area contributed by atoms with E-state index < -0.39 is 35.6 Å². The molecule has 8 heteroatoms. The van der Waals surface area contributed by atoms with Gasteiger partial charge in [-0.15, -0.1) is 0 Å². The van der Waals surface area contributed by atoms with Crippen LogP contribution in [0.4, 0.5) is 0 Å². The predicted octanol–water partition coefficient (Wildman–Crippen LogP) is 3.86. The minimum Gasteiger partial charge on any atom is -0.458 e. The van der Waals surface area contributed by atoms with E-state index in [-0.39, 0.29) is 29.8 Å². The van der Waals surface area contributed by atoms with Crippen molar-refractivity contribution >= 4 is 17.8 Å². The summed E-state index contributed by atoms with van der Waals surface area (Å²) in [5.74, 6) is -0.222. The number of Topliss-reactive ketones (excluding diaryl/α,β-unsaturated/α-hetero) is 1. The van der Waals surface area contributed by atoms with E-state index in [0.29, 0.717) is 29.8 Å². The van der Waals surface area contributed by atoms with Crippen molar-refractivity contribution in [2.75, 3.05) is 0 Å². The molecule has 0 amide bonds. The van der Waals surface area contributed by atoms with Crippen molar-refractivity contribution in [1.29, 1.82) is 0 Å². The standard InChI is InChI=1S/C28H41NO7/c1-14(8-19-13-34-17(4)29-19)21-10-23-28(7,36-23)12-18-9-20(18)15(2)25(32)16(3)26(33)27(5,6)22(30)11-24(31)35-21/h8,13,15-16,18,20-23,25,30,32H,9-12H2,1-7H3/b14-8+/t15-,16+,18?,20?,21+,22-,23?,25+,28?/m0/s1. The topological polar surface area (TPSA) is 122 Å². The van der Waals surface area contributed by atoms with Crippen molar-refractivity contribution in [3.63, 3.8) is 0 Å². The van der Waals surface area contributed by atoms with E-state index in [1.54, 1.807) is 34.0 Å². The lowest BCUT2D eigenvalue weighted by atomic mass is 9.72. The van der Waals surface area contributed by atoms with Crippen molar-refractivity contribution in [3.05, 3.63) is 23.4 Å². The monoisotopic (exact) mass is 503 g/mol. The second kappa shape index (κ2) is 9.69. The molecule has 4 rings (SSSR count). The summed E-state index contributed by atoms with van der Waals surface area (Å²) in [7, 11) is 0. The molecule has 1 aliphatic carbocycles. The summed E-state index contributed by atoms with van der Waals surface area (Å²) in [4.78, 5) is 30.6. The van der Waals surface area contributed by atoms with E-state index in [2.05, 4.69) is 11.9 Å². The van der Waals surface area contributed by atoms with Crippen molar-refractivity contribution in [1.82, 2.24) is 4.98 Å². The van der Waals surface area contributed by atoms with Crippen molar-refractivity contribution < 1.29 is 33.7 Å². The van der Waals surface area contributed by atoms with Gasteiger partial charge in [0.25, 0.3) is 0 Å². The largest absolute Gasteiger partial charge is 0.458 e. The maximum atomic E-state index is 13.3. The van der Waals surface area contributed by atoms with Gasteiger partial charge in [-0.2, -0.15) is 0 Å². The fourth-order valence-electron chi connectivity index (χ4n) is 5.97. The molecule has 1 aromatic rings. The molecule has 9 atom stereocenters. The molecule has 3 aliphatic rings. The Balaban J connectivity index is 1.59. The predicted molar refractivity (Wildman–Crippen MR) is 133 cm³/mol. The van der Waals surface area contributed by atoms with Gasteiger partial charge in [-0.1, -0.05) is 27.7 Å². The number of fused-ring (bicyclic) bond motifs is 2. The summed E-state index contributed by atoms with van der Waals surface area (Å²) in [6.45, 7) is 12.7. The Labute approximate surface area is 213 Å². The van der Waals surface area contributed by atoms with Crippen LogP contribution in [0.1, 0.15) is 78.8 Å². The molecule has 2 N–H and O–H groups in total. The summed E-state index contributed by atoms with van der Waals surface area (Å²) in [5, 5.41) is 21.9. The van der Waals surface area contributed by atoms with Gasteiger partial charge in [0.15, 0.2) is 5.89 Å². The Hall–Kier alpha value is -2.03. The van der Waals surface area contributed by atoms with Gasteiger partial charge in [0.2, 0.25) is 0 Å². The van der Waals surface area contributed by atoms with E-state index in [4.69, 9.17) is 13.9 Å². The van der Waals surface area contributed by atoms with Gasteiger partial charge in [0.1, 0.15) is 23.8 Å². The van der Waals surface area contributed by atoms with E-state index in [9.17, 15) is 19.8 Å². The van der Waals surface area contributed by atoms with Crippen LogP contribution in [0.15, 0.2) is 16.3 Å². The Morgan fingerprint density at radius 2 is 1.86 bits per heavy atom. The zero-order valence-electron chi connectivity index (χ0n) is 22.5. The fraction of sp³-hybridized carbons (Fsp3) is 0.750. The van der Waals surface area contributed by atoms with Crippen LogP contribution in [-0.4, -0.2) is 57.0 Å². The number of hydrogen-bond donors (Lipinski definition) is 2. The van der Waals surface area contributed by atoms with Gasteiger partial charge in [-0.3, -0.25) is 9.59 Å². The minimum absolute atomic E-state index is 0.0376. The lowest BCUT2D eigenvalue weighted by molar-refractivity contribution is -0.154. The van der Waals surface area contributed by atoms with Gasteiger partial charge < -0.3 is 24.1 Å². The number of aryl methyl sites for hydroxylation is 1. The fourth-order valence-corrected chi connectivity index (χ4v) is 5.97. The lowest BCUT2D eigenvalue weighted by Crippen LogP contribution is -2.46. The average Bonchev–Trinajstić information content (AvgIpc) is 3.66. The molecule has 0 radical (unpaired) electrons. The lowest BCUT2D eigenvalue weighted by Gasteiger charge is -2.34. The molecule has 0 aromatic carbocycles. The number of esters is 1.